The molecule has 0 radical (unpaired) electrons. The van der Waals surface area contributed by atoms with Gasteiger partial charge >= 0.3 is 17.9 Å². The van der Waals surface area contributed by atoms with E-state index < -0.39 is 24.1 Å². The van der Waals surface area contributed by atoms with Crippen molar-refractivity contribution in [3.8, 4) is 0 Å². The Hall–Kier alpha value is -3.75. The van der Waals surface area contributed by atoms with Gasteiger partial charge in [0.1, 0.15) is 6.61 Å². The minimum Gasteiger partial charge on any atom is -0.477 e. The van der Waals surface area contributed by atoms with Gasteiger partial charge in [0.05, 0.1) is 34.4 Å². The first-order valence-electron chi connectivity index (χ1n) is 24.8. The minimum atomic E-state index is -0.890. The van der Waals surface area contributed by atoms with Crippen molar-refractivity contribution < 1.29 is 38.2 Å². The molecule has 0 saturated heterocycles. The highest BCUT2D eigenvalue weighted by atomic mass is 16.6. The summed E-state index contributed by atoms with van der Waals surface area (Å²) >= 11 is 0. The van der Waals surface area contributed by atoms with Crippen molar-refractivity contribution in [2.24, 2.45) is 0 Å². The lowest BCUT2D eigenvalue weighted by Crippen LogP contribution is -2.50. The molecular weight excluding hydrogens is 787 g/mol. The van der Waals surface area contributed by atoms with E-state index in [1.807, 2.05) is 33.3 Å². The van der Waals surface area contributed by atoms with Crippen LogP contribution in [-0.2, 0) is 28.6 Å². The summed E-state index contributed by atoms with van der Waals surface area (Å²) in [7, 11) is 5.50. The number of allylic oxidation sites excluding steroid dienone is 16. The van der Waals surface area contributed by atoms with E-state index >= 15 is 0 Å². The molecule has 0 aromatic carbocycles. The first-order chi connectivity index (χ1) is 30.6. The summed E-state index contributed by atoms with van der Waals surface area (Å²) < 4.78 is 17.2. The van der Waals surface area contributed by atoms with E-state index in [2.05, 4.69) is 98.9 Å². The van der Waals surface area contributed by atoms with E-state index in [4.69, 9.17) is 14.2 Å². The molecule has 0 aliphatic carbocycles. The Labute approximate surface area is 386 Å². The van der Waals surface area contributed by atoms with Crippen molar-refractivity contribution in [1.82, 2.24) is 0 Å². The van der Waals surface area contributed by atoms with Crippen molar-refractivity contribution >= 4 is 17.9 Å². The number of quaternary nitrogens is 1. The van der Waals surface area contributed by atoms with Crippen LogP contribution in [0.4, 0.5) is 0 Å². The molecule has 0 aliphatic heterocycles. The molecule has 0 heterocycles. The van der Waals surface area contributed by atoms with Crippen LogP contribution in [0.5, 0.6) is 0 Å². The molecule has 358 valence electrons. The van der Waals surface area contributed by atoms with Gasteiger partial charge < -0.3 is 23.8 Å². The van der Waals surface area contributed by atoms with Crippen molar-refractivity contribution in [3.63, 3.8) is 0 Å². The second kappa shape index (κ2) is 44.8. The highest BCUT2D eigenvalue weighted by molar-refractivity contribution is 5.72. The molecule has 0 aromatic heterocycles. The Morgan fingerprint density at radius 1 is 0.508 bits per heavy atom. The Morgan fingerprint density at radius 2 is 0.968 bits per heavy atom. The molecule has 0 bridgehead atoms. The lowest BCUT2D eigenvalue weighted by atomic mass is 10.1. The molecule has 1 N–H and O–H groups in total. The van der Waals surface area contributed by atoms with Crippen LogP contribution in [0.2, 0.25) is 0 Å². The maximum atomic E-state index is 12.7. The van der Waals surface area contributed by atoms with Gasteiger partial charge in [-0.05, 0) is 77.0 Å². The highest BCUT2D eigenvalue weighted by Gasteiger charge is 2.31. The topological polar surface area (TPSA) is 99.1 Å². The van der Waals surface area contributed by atoms with E-state index in [9.17, 15) is 19.5 Å². The quantitative estimate of drug-likeness (QED) is 0.0214. The number of likely N-dealkylation sites (N-methyl/N-ethyl adjacent to an activating group) is 1. The van der Waals surface area contributed by atoms with Crippen LogP contribution in [0, 0.1) is 0 Å². The number of aliphatic carboxylic acids is 1. The van der Waals surface area contributed by atoms with E-state index in [1.54, 1.807) is 0 Å². The van der Waals surface area contributed by atoms with Crippen LogP contribution in [0.1, 0.15) is 181 Å². The molecule has 0 saturated carbocycles. The summed E-state index contributed by atoms with van der Waals surface area (Å²) in [5.41, 5.74) is 0. The molecule has 0 rings (SSSR count). The Morgan fingerprint density at radius 3 is 1.44 bits per heavy atom. The lowest BCUT2D eigenvalue weighted by molar-refractivity contribution is -0.887. The average molecular weight is 879 g/mol. The van der Waals surface area contributed by atoms with Gasteiger partial charge in [-0.1, -0.05) is 182 Å². The number of carbonyl (C=O) groups excluding carboxylic acids is 2. The van der Waals surface area contributed by atoms with Gasteiger partial charge in [0.15, 0.2) is 12.1 Å². The van der Waals surface area contributed by atoms with E-state index in [1.165, 1.54) is 83.5 Å². The lowest BCUT2D eigenvalue weighted by Gasteiger charge is -2.31. The zero-order chi connectivity index (χ0) is 46.3. The molecular formula is C55H92NO7+. The smallest absolute Gasteiger partial charge is 0.362 e. The first kappa shape index (κ1) is 59.2. The molecule has 0 aliphatic rings. The Balaban J connectivity index is 4.40. The van der Waals surface area contributed by atoms with Crippen LogP contribution in [0.25, 0.3) is 0 Å². The molecule has 0 fully saturated rings. The molecule has 2 unspecified atom stereocenters. The maximum absolute atomic E-state index is 12.7. The fourth-order valence-electron chi connectivity index (χ4n) is 6.70. The van der Waals surface area contributed by atoms with Crippen molar-refractivity contribution in [1.29, 1.82) is 0 Å². The standard InChI is InChI=1S/C55H91NO7/c1-6-8-10-12-14-16-18-20-22-24-26-28-29-31-33-35-37-39-41-43-45-53(57)62-50-51(49-61-48-47-52(55(59)60)56(3,4)5)63-54(58)46-44-42-40-38-36-34-32-30-27-25-23-21-19-17-15-13-11-9-7-2/h9,11,15-18,20-23,27,30,34,36,40,42,51-52H,6-8,10,12-14,19,24-26,28-29,31-33,35,37-39,41,43-50H2,1-5H3/p+1/b11-9+,17-15+,18-16+,22-20+,23-21+,30-27+,36-34+,42-40+. The number of hydrogen-bond donors (Lipinski definition) is 1. The Bertz CT molecular complexity index is 1350. The summed E-state index contributed by atoms with van der Waals surface area (Å²) in [6, 6.07) is -0.634. The van der Waals surface area contributed by atoms with E-state index in [0.717, 1.165) is 57.8 Å². The van der Waals surface area contributed by atoms with Gasteiger partial charge in [-0.25, -0.2) is 4.79 Å². The number of carboxylic acid groups (broad SMARTS) is 1. The number of hydrogen-bond acceptors (Lipinski definition) is 6. The second-order valence-corrected chi connectivity index (χ2v) is 17.4. The normalized spacial score (nSPS) is 13.7. The van der Waals surface area contributed by atoms with Crippen molar-refractivity contribution in [2.75, 3.05) is 41.0 Å². The average Bonchev–Trinajstić information content (AvgIpc) is 3.24. The van der Waals surface area contributed by atoms with Gasteiger partial charge in [-0.3, -0.25) is 9.59 Å². The molecule has 8 nitrogen and oxygen atoms in total. The van der Waals surface area contributed by atoms with Crippen molar-refractivity contribution in [3.05, 3.63) is 97.2 Å². The summed E-state index contributed by atoms with van der Waals surface area (Å²) in [6.07, 6.45) is 60.4. The maximum Gasteiger partial charge on any atom is 0.362 e. The second-order valence-electron chi connectivity index (χ2n) is 17.4. The summed E-state index contributed by atoms with van der Waals surface area (Å²) in [5.74, 6) is -1.59. The molecule has 0 spiro atoms. The third-order valence-electron chi connectivity index (χ3n) is 10.5. The number of esters is 2. The SMILES string of the molecule is CC/C=C/C/C=C/C/C=C/C/C=C/C/C=C/C/C=C/CCC(=O)OC(COCCC(C(=O)O)[N+](C)(C)C)COC(=O)CCCCCCCCCCCC/C=C/C=C/CCCCCC. The van der Waals surface area contributed by atoms with E-state index in [0.29, 0.717) is 19.3 Å². The van der Waals surface area contributed by atoms with Gasteiger partial charge in [-0.2, -0.15) is 0 Å². The fraction of sp³-hybridized carbons (Fsp3) is 0.655. The third-order valence-corrected chi connectivity index (χ3v) is 10.5. The zero-order valence-corrected chi connectivity index (χ0v) is 40.7. The largest absolute Gasteiger partial charge is 0.477 e. The third kappa shape index (κ3) is 43.3. The van der Waals surface area contributed by atoms with Gasteiger partial charge in [0, 0.05) is 19.3 Å². The fourth-order valence-corrected chi connectivity index (χ4v) is 6.70. The van der Waals surface area contributed by atoms with Crippen LogP contribution in [0.15, 0.2) is 97.2 Å². The summed E-state index contributed by atoms with van der Waals surface area (Å²) in [5, 5.41) is 9.64. The molecule has 0 aromatic rings. The molecule has 2 atom stereocenters. The van der Waals surface area contributed by atoms with Crippen LogP contribution in [0.3, 0.4) is 0 Å². The summed E-state index contributed by atoms with van der Waals surface area (Å²) in [6.45, 7) is 4.51. The number of ether oxygens (including phenoxy) is 3. The van der Waals surface area contributed by atoms with Gasteiger partial charge in [0.2, 0.25) is 0 Å². The molecule has 0 amide bonds. The van der Waals surface area contributed by atoms with Crippen LogP contribution >= 0.6 is 0 Å². The highest BCUT2D eigenvalue weighted by Crippen LogP contribution is 2.14. The number of carboxylic acids is 1. The van der Waals surface area contributed by atoms with Crippen LogP contribution in [-0.4, -0.2) is 80.6 Å². The summed E-state index contributed by atoms with van der Waals surface area (Å²) in [4.78, 5) is 37.1. The zero-order valence-electron chi connectivity index (χ0n) is 40.7. The van der Waals surface area contributed by atoms with Crippen molar-refractivity contribution in [2.45, 2.75) is 193 Å². The number of unbranched alkanes of at least 4 members (excludes halogenated alkanes) is 14. The number of nitrogens with zero attached hydrogens (tertiary/aromatic N) is 1. The van der Waals surface area contributed by atoms with Gasteiger partial charge in [0.25, 0.3) is 0 Å². The monoisotopic (exact) mass is 879 g/mol. The van der Waals surface area contributed by atoms with Crippen LogP contribution < -0.4 is 0 Å². The van der Waals surface area contributed by atoms with Gasteiger partial charge in [-0.15, -0.1) is 0 Å². The number of rotatable bonds is 43. The first-order valence-corrected chi connectivity index (χ1v) is 24.8. The predicted octanol–water partition coefficient (Wildman–Crippen LogP) is 14.2. The molecule has 8 heteroatoms. The molecule has 63 heavy (non-hydrogen) atoms. The number of carbonyl (C=O) groups is 3. The van der Waals surface area contributed by atoms with E-state index in [-0.39, 0.29) is 36.7 Å². The Kier molecular flexibility index (Phi) is 42.2. The predicted molar refractivity (Wildman–Crippen MR) is 266 cm³/mol. The minimum absolute atomic E-state index is 0.0242.